The molecule has 2 fully saturated rings. The third-order valence-corrected chi connectivity index (χ3v) is 7.55. The molecule has 9 nitrogen and oxygen atoms in total. The number of sulfonamides is 1. The molecule has 0 bridgehead atoms. The monoisotopic (exact) mass is 422 g/mol. The summed E-state index contributed by atoms with van der Waals surface area (Å²) in [5.74, 6) is -0.860. The molecule has 0 radical (unpaired) electrons. The summed E-state index contributed by atoms with van der Waals surface area (Å²) in [6, 6.07) is 5.15. The second-order valence-corrected chi connectivity index (χ2v) is 9.95. The molecule has 10 heteroatoms. The maximum atomic E-state index is 12.9. The van der Waals surface area contributed by atoms with Gasteiger partial charge in [0.1, 0.15) is 12.1 Å². The second-order valence-electron chi connectivity index (χ2n) is 7.80. The predicted molar refractivity (Wildman–Crippen MR) is 107 cm³/mol. The van der Waals surface area contributed by atoms with Gasteiger partial charge in [0.25, 0.3) is 5.91 Å². The fraction of sp³-hybridized carbons (Fsp3) is 0.526. The first kappa shape index (κ1) is 21.3. The Hall–Kier alpha value is -2.46. The number of benzene rings is 1. The summed E-state index contributed by atoms with van der Waals surface area (Å²) in [7, 11) is -0.694. The van der Waals surface area contributed by atoms with E-state index in [-0.39, 0.29) is 16.7 Å². The molecule has 2 aliphatic rings. The Morgan fingerprint density at radius 2 is 1.90 bits per heavy atom. The highest BCUT2D eigenvalue weighted by Crippen LogP contribution is 2.38. The van der Waals surface area contributed by atoms with Crippen molar-refractivity contribution in [3.05, 3.63) is 24.3 Å². The van der Waals surface area contributed by atoms with Crippen LogP contribution in [0.25, 0.3) is 0 Å². The van der Waals surface area contributed by atoms with Crippen LogP contribution in [0.15, 0.2) is 29.2 Å². The Morgan fingerprint density at radius 3 is 2.48 bits per heavy atom. The van der Waals surface area contributed by atoms with Gasteiger partial charge in [-0.05, 0) is 43.0 Å². The topological polar surface area (TPSA) is 116 Å². The van der Waals surface area contributed by atoms with Crippen molar-refractivity contribution < 1.29 is 22.8 Å². The lowest BCUT2D eigenvalue weighted by molar-refractivity contribution is -0.136. The van der Waals surface area contributed by atoms with Crippen LogP contribution < -0.4 is 10.6 Å². The number of urea groups is 1. The number of amides is 4. The number of anilines is 1. The lowest BCUT2D eigenvalue weighted by Crippen LogP contribution is -2.54. The van der Waals surface area contributed by atoms with Crippen LogP contribution in [-0.2, 0) is 19.6 Å². The molecule has 1 saturated carbocycles. The summed E-state index contributed by atoms with van der Waals surface area (Å²) in [5.41, 5.74) is -0.529. The molecule has 1 heterocycles. The number of nitrogens with one attached hydrogen (secondary N) is 2. The molecule has 158 valence electrons. The number of carbonyl (C=O) groups is 3. The van der Waals surface area contributed by atoms with Crippen molar-refractivity contribution in [2.24, 2.45) is 5.92 Å². The van der Waals surface area contributed by atoms with E-state index in [2.05, 4.69) is 10.6 Å². The predicted octanol–water partition coefficient (Wildman–Crippen LogP) is 1.38. The van der Waals surface area contributed by atoms with Gasteiger partial charge in [-0.15, -0.1) is 0 Å². The molecule has 1 aliphatic heterocycles. The van der Waals surface area contributed by atoms with Crippen LogP contribution in [0.4, 0.5) is 10.5 Å². The van der Waals surface area contributed by atoms with E-state index in [1.807, 2.05) is 6.92 Å². The lowest BCUT2D eigenvalue weighted by Gasteiger charge is -2.36. The zero-order valence-electron chi connectivity index (χ0n) is 16.8. The van der Waals surface area contributed by atoms with Gasteiger partial charge in [-0.2, -0.15) is 0 Å². The van der Waals surface area contributed by atoms with E-state index in [1.54, 1.807) is 0 Å². The molecule has 0 unspecified atom stereocenters. The molecule has 29 heavy (non-hydrogen) atoms. The smallest absolute Gasteiger partial charge is 0.325 e. The molecule has 2 atom stereocenters. The average molecular weight is 423 g/mol. The molecule has 1 aliphatic carbocycles. The zero-order valence-corrected chi connectivity index (χ0v) is 17.6. The minimum absolute atomic E-state index is 0.0203. The standard InChI is InChI=1S/C19H26N4O5S/c1-13-6-4-5-11-19(13)17(25)23(18(26)21-19)12-16(24)20-14-7-9-15(10-8-14)29(27,28)22(2)3/h7-10,13H,4-6,11-12H2,1-3H3,(H,20,24)(H,21,26)/t13-,19+/m1/s1. The second kappa shape index (κ2) is 7.75. The summed E-state index contributed by atoms with van der Waals surface area (Å²) in [6.45, 7) is 1.56. The molecule has 2 N–H and O–H groups in total. The van der Waals surface area contributed by atoms with Crippen LogP contribution in [-0.4, -0.2) is 61.6 Å². The Kier molecular flexibility index (Phi) is 5.68. The van der Waals surface area contributed by atoms with Crippen molar-refractivity contribution in [2.75, 3.05) is 26.0 Å². The van der Waals surface area contributed by atoms with E-state index in [0.717, 1.165) is 28.5 Å². The number of nitrogens with zero attached hydrogens (tertiary/aromatic N) is 2. The van der Waals surface area contributed by atoms with Crippen molar-refractivity contribution in [3.63, 3.8) is 0 Å². The van der Waals surface area contributed by atoms with E-state index >= 15 is 0 Å². The lowest BCUT2D eigenvalue weighted by atomic mass is 9.73. The fourth-order valence-corrected chi connectivity index (χ4v) is 4.81. The summed E-state index contributed by atoms with van der Waals surface area (Å²) >= 11 is 0. The van der Waals surface area contributed by atoms with Gasteiger partial charge in [0.15, 0.2) is 0 Å². The number of rotatable bonds is 5. The van der Waals surface area contributed by atoms with Crippen molar-refractivity contribution in [1.82, 2.24) is 14.5 Å². The van der Waals surface area contributed by atoms with Gasteiger partial charge in [-0.1, -0.05) is 19.8 Å². The first-order valence-electron chi connectivity index (χ1n) is 9.54. The summed E-state index contributed by atoms with van der Waals surface area (Å²) in [4.78, 5) is 38.7. The molecular weight excluding hydrogens is 396 g/mol. The van der Waals surface area contributed by atoms with Gasteiger partial charge >= 0.3 is 6.03 Å². The quantitative estimate of drug-likeness (QED) is 0.696. The Balaban J connectivity index is 1.67. The van der Waals surface area contributed by atoms with Crippen molar-refractivity contribution in [2.45, 2.75) is 43.0 Å². The van der Waals surface area contributed by atoms with Gasteiger partial charge in [-0.25, -0.2) is 17.5 Å². The number of hydrogen-bond donors (Lipinski definition) is 2. The van der Waals surface area contributed by atoms with Crippen LogP contribution in [0.5, 0.6) is 0 Å². The van der Waals surface area contributed by atoms with Crippen molar-refractivity contribution >= 4 is 33.6 Å². The molecule has 1 saturated heterocycles. The maximum Gasteiger partial charge on any atom is 0.325 e. The van der Waals surface area contributed by atoms with Gasteiger partial charge in [0.2, 0.25) is 15.9 Å². The molecular formula is C19H26N4O5S. The highest BCUT2D eigenvalue weighted by atomic mass is 32.2. The van der Waals surface area contributed by atoms with E-state index in [1.165, 1.54) is 38.4 Å². The largest absolute Gasteiger partial charge is 0.325 e. The van der Waals surface area contributed by atoms with E-state index in [0.29, 0.717) is 12.1 Å². The summed E-state index contributed by atoms with van der Waals surface area (Å²) in [6.07, 6.45) is 3.32. The zero-order chi connectivity index (χ0) is 21.4. The number of carbonyl (C=O) groups excluding carboxylic acids is 3. The van der Waals surface area contributed by atoms with Crippen LogP contribution in [0.3, 0.4) is 0 Å². The third kappa shape index (κ3) is 3.86. The maximum absolute atomic E-state index is 12.9. The van der Waals surface area contributed by atoms with Crippen LogP contribution in [0.2, 0.25) is 0 Å². The minimum Gasteiger partial charge on any atom is -0.325 e. The molecule has 1 spiro atoms. The van der Waals surface area contributed by atoms with Gasteiger partial charge in [0, 0.05) is 19.8 Å². The highest BCUT2D eigenvalue weighted by molar-refractivity contribution is 7.89. The van der Waals surface area contributed by atoms with E-state index < -0.39 is 34.0 Å². The van der Waals surface area contributed by atoms with E-state index in [4.69, 9.17) is 0 Å². The molecule has 1 aromatic carbocycles. The van der Waals surface area contributed by atoms with Crippen molar-refractivity contribution in [1.29, 1.82) is 0 Å². The van der Waals surface area contributed by atoms with Crippen LogP contribution in [0.1, 0.15) is 32.6 Å². The molecule has 3 rings (SSSR count). The SMILES string of the molecule is C[C@@H]1CCCC[C@]12NC(=O)N(CC(=O)Nc1ccc(S(=O)(=O)N(C)C)cc1)C2=O. The van der Waals surface area contributed by atoms with Crippen molar-refractivity contribution in [3.8, 4) is 0 Å². The highest BCUT2D eigenvalue weighted by Gasteiger charge is 2.55. The summed E-state index contributed by atoms with van der Waals surface area (Å²) in [5, 5.41) is 5.41. The summed E-state index contributed by atoms with van der Waals surface area (Å²) < 4.78 is 25.3. The van der Waals surface area contributed by atoms with Gasteiger partial charge in [-0.3, -0.25) is 14.5 Å². The van der Waals surface area contributed by atoms with Gasteiger partial charge < -0.3 is 10.6 Å². The third-order valence-electron chi connectivity index (χ3n) is 5.72. The van der Waals surface area contributed by atoms with Gasteiger partial charge in [0.05, 0.1) is 4.90 Å². The average Bonchev–Trinajstić information content (AvgIpc) is 2.89. The molecule has 1 aromatic rings. The Bertz CT molecular complexity index is 928. The Labute approximate surface area is 170 Å². The minimum atomic E-state index is -3.56. The van der Waals surface area contributed by atoms with E-state index in [9.17, 15) is 22.8 Å². The molecule has 4 amide bonds. The molecule has 0 aromatic heterocycles. The Morgan fingerprint density at radius 1 is 1.24 bits per heavy atom. The fourth-order valence-electron chi connectivity index (χ4n) is 3.90. The number of imide groups is 1. The normalized spacial score (nSPS) is 24.8. The first-order valence-corrected chi connectivity index (χ1v) is 11.0. The van der Waals surface area contributed by atoms with Crippen LogP contribution >= 0.6 is 0 Å². The van der Waals surface area contributed by atoms with Crippen LogP contribution in [0, 0.1) is 5.92 Å². The first-order chi connectivity index (χ1) is 13.6. The number of hydrogen-bond acceptors (Lipinski definition) is 5.